The van der Waals surface area contributed by atoms with Gasteiger partial charge in [0, 0.05) is 17.2 Å². The van der Waals surface area contributed by atoms with Crippen molar-refractivity contribution in [2.75, 3.05) is 14.2 Å². The molecule has 6 heteroatoms. The predicted octanol–water partition coefficient (Wildman–Crippen LogP) is 4.63. The summed E-state index contributed by atoms with van der Waals surface area (Å²) in [6.45, 7) is 3.80. The summed E-state index contributed by atoms with van der Waals surface area (Å²) in [6, 6.07) is 9.86. The average molecular weight is 355 g/mol. The molecule has 0 spiro atoms. The van der Waals surface area contributed by atoms with Gasteiger partial charge in [0.25, 0.3) is 5.69 Å². The lowest BCUT2D eigenvalue weighted by atomic mass is 9.99. The van der Waals surface area contributed by atoms with Gasteiger partial charge < -0.3 is 9.47 Å². The fourth-order valence-electron chi connectivity index (χ4n) is 2.57. The van der Waals surface area contributed by atoms with Gasteiger partial charge >= 0.3 is 0 Å². The second-order valence-electron chi connectivity index (χ2n) is 6.00. The number of nitro groups is 1. The monoisotopic (exact) mass is 355 g/mol. The van der Waals surface area contributed by atoms with E-state index in [1.54, 1.807) is 36.4 Å². The van der Waals surface area contributed by atoms with Gasteiger partial charge in [0.05, 0.1) is 19.1 Å². The third kappa shape index (κ3) is 4.27. The maximum atomic E-state index is 12.4. The number of carbonyl (C=O) groups excluding carboxylic acids is 1. The number of hydrogen-bond acceptors (Lipinski definition) is 5. The number of benzene rings is 2. The van der Waals surface area contributed by atoms with Crippen molar-refractivity contribution in [2.24, 2.45) is 0 Å². The molecular weight excluding hydrogens is 334 g/mol. The number of ketones is 1. The number of nitrogens with zero attached hydrogens (tertiary/aromatic N) is 1. The van der Waals surface area contributed by atoms with Gasteiger partial charge in [-0.1, -0.05) is 32.1 Å². The van der Waals surface area contributed by atoms with Crippen LogP contribution in [0.25, 0.3) is 6.08 Å². The highest BCUT2D eigenvalue weighted by Crippen LogP contribution is 2.29. The third-order valence-corrected chi connectivity index (χ3v) is 3.97. The maximum absolute atomic E-state index is 12.4. The van der Waals surface area contributed by atoms with E-state index in [4.69, 9.17) is 9.47 Å². The van der Waals surface area contributed by atoms with Gasteiger partial charge in [-0.2, -0.15) is 0 Å². The fourth-order valence-corrected chi connectivity index (χ4v) is 2.57. The van der Waals surface area contributed by atoms with Crippen LogP contribution < -0.4 is 9.47 Å². The molecule has 0 saturated carbocycles. The highest BCUT2D eigenvalue weighted by molar-refractivity contribution is 6.07. The quantitative estimate of drug-likeness (QED) is 0.313. The molecule has 136 valence electrons. The molecule has 0 atom stereocenters. The van der Waals surface area contributed by atoms with Crippen molar-refractivity contribution < 1.29 is 19.2 Å². The average Bonchev–Trinajstić information content (AvgIpc) is 2.64. The number of nitro benzene ring substituents is 1. The van der Waals surface area contributed by atoms with Crippen LogP contribution in [0, 0.1) is 10.1 Å². The second kappa shape index (κ2) is 8.29. The van der Waals surface area contributed by atoms with Crippen molar-refractivity contribution in [3.63, 3.8) is 0 Å². The summed E-state index contributed by atoms with van der Waals surface area (Å²) in [5.41, 5.74) is 1.75. The summed E-state index contributed by atoms with van der Waals surface area (Å²) in [5, 5.41) is 11.3. The number of hydrogen-bond donors (Lipinski definition) is 0. The Bertz CT molecular complexity index is 855. The van der Waals surface area contributed by atoms with Crippen molar-refractivity contribution in [1.29, 1.82) is 0 Å². The van der Waals surface area contributed by atoms with E-state index in [-0.39, 0.29) is 17.4 Å². The molecule has 0 saturated heterocycles. The molecule has 0 aromatic heterocycles. The van der Waals surface area contributed by atoms with Crippen LogP contribution in [0.3, 0.4) is 0 Å². The van der Waals surface area contributed by atoms with Crippen LogP contribution in [0.5, 0.6) is 11.5 Å². The molecule has 2 rings (SSSR count). The summed E-state index contributed by atoms with van der Waals surface area (Å²) in [6.07, 6.45) is 2.95. The lowest BCUT2D eigenvalue weighted by Crippen LogP contribution is -1.98. The number of methoxy groups -OCH3 is 2. The summed E-state index contributed by atoms with van der Waals surface area (Å²) < 4.78 is 10.3. The molecule has 0 bridgehead atoms. The standard InChI is InChI=1S/C20H21NO5/c1-13(2)16-8-5-14(11-17(16)21(23)24)6-9-18(22)15-7-10-19(25-3)20(12-15)26-4/h5-13H,1-4H3/b9-6+. The zero-order valence-electron chi connectivity index (χ0n) is 15.2. The molecule has 0 fully saturated rings. The van der Waals surface area contributed by atoms with Gasteiger partial charge in [-0.15, -0.1) is 0 Å². The van der Waals surface area contributed by atoms with Crippen LogP contribution in [-0.4, -0.2) is 24.9 Å². The van der Waals surface area contributed by atoms with Crippen LogP contribution in [0.2, 0.25) is 0 Å². The van der Waals surface area contributed by atoms with E-state index in [1.807, 2.05) is 13.8 Å². The Kier molecular flexibility index (Phi) is 6.11. The van der Waals surface area contributed by atoms with E-state index >= 15 is 0 Å². The molecular formula is C20H21NO5. The second-order valence-corrected chi connectivity index (χ2v) is 6.00. The highest BCUT2D eigenvalue weighted by atomic mass is 16.6. The predicted molar refractivity (Wildman–Crippen MR) is 100 cm³/mol. The molecule has 0 N–H and O–H groups in total. The van der Waals surface area contributed by atoms with Crippen LogP contribution in [0.1, 0.15) is 41.3 Å². The Labute approximate surface area is 152 Å². The topological polar surface area (TPSA) is 78.7 Å². The molecule has 2 aromatic carbocycles. The minimum atomic E-state index is -0.400. The van der Waals surface area contributed by atoms with E-state index in [1.165, 1.54) is 26.4 Å². The minimum absolute atomic E-state index is 0.0434. The van der Waals surface area contributed by atoms with Crippen LogP contribution >= 0.6 is 0 Å². The molecule has 0 amide bonds. The first kappa shape index (κ1) is 19.2. The Morgan fingerprint density at radius 2 is 1.77 bits per heavy atom. The molecule has 6 nitrogen and oxygen atoms in total. The largest absolute Gasteiger partial charge is 0.493 e. The van der Waals surface area contributed by atoms with E-state index < -0.39 is 4.92 Å². The Balaban J connectivity index is 2.28. The van der Waals surface area contributed by atoms with E-state index in [2.05, 4.69) is 0 Å². The molecule has 0 aliphatic heterocycles. The van der Waals surface area contributed by atoms with Gasteiger partial charge in [0.2, 0.25) is 0 Å². The molecule has 2 aromatic rings. The van der Waals surface area contributed by atoms with Crippen molar-refractivity contribution in [3.8, 4) is 11.5 Å². The fraction of sp³-hybridized carbons (Fsp3) is 0.250. The van der Waals surface area contributed by atoms with Gasteiger partial charge in [0.15, 0.2) is 17.3 Å². The lowest BCUT2D eigenvalue weighted by molar-refractivity contribution is -0.385. The smallest absolute Gasteiger partial charge is 0.273 e. The molecule has 0 unspecified atom stereocenters. The van der Waals surface area contributed by atoms with Crippen molar-refractivity contribution in [3.05, 3.63) is 69.3 Å². The van der Waals surface area contributed by atoms with Crippen molar-refractivity contribution >= 4 is 17.5 Å². The first-order chi connectivity index (χ1) is 12.4. The molecule has 0 aliphatic carbocycles. The normalized spacial score (nSPS) is 11.0. The van der Waals surface area contributed by atoms with Gasteiger partial charge in [-0.05, 0) is 35.8 Å². The maximum Gasteiger partial charge on any atom is 0.273 e. The van der Waals surface area contributed by atoms with Crippen molar-refractivity contribution in [1.82, 2.24) is 0 Å². The minimum Gasteiger partial charge on any atom is -0.493 e. The van der Waals surface area contributed by atoms with E-state index in [9.17, 15) is 14.9 Å². The summed E-state index contributed by atoms with van der Waals surface area (Å²) in [4.78, 5) is 23.2. The first-order valence-corrected chi connectivity index (χ1v) is 8.10. The Morgan fingerprint density at radius 3 is 2.35 bits per heavy atom. The van der Waals surface area contributed by atoms with Crippen LogP contribution in [0.4, 0.5) is 5.69 Å². The van der Waals surface area contributed by atoms with E-state index in [0.29, 0.717) is 28.2 Å². The molecule has 26 heavy (non-hydrogen) atoms. The Morgan fingerprint density at radius 1 is 1.08 bits per heavy atom. The zero-order valence-corrected chi connectivity index (χ0v) is 15.2. The zero-order chi connectivity index (χ0) is 19.3. The van der Waals surface area contributed by atoms with Gasteiger partial charge in [-0.25, -0.2) is 0 Å². The lowest BCUT2D eigenvalue weighted by Gasteiger charge is -2.08. The first-order valence-electron chi connectivity index (χ1n) is 8.10. The number of carbonyl (C=O) groups is 1. The molecule has 0 radical (unpaired) electrons. The van der Waals surface area contributed by atoms with Crippen LogP contribution in [-0.2, 0) is 0 Å². The van der Waals surface area contributed by atoms with Gasteiger partial charge in [0.1, 0.15) is 0 Å². The number of ether oxygens (including phenoxy) is 2. The van der Waals surface area contributed by atoms with Crippen molar-refractivity contribution in [2.45, 2.75) is 19.8 Å². The Hall–Kier alpha value is -3.15. The highest BCUT2D eigenvalue weighted by Gasteiger charge is 2.16. The SMILES string of the molecule is COc1ccc(C(=O)/C=C/c2ccc(C(C)C)c([N+](=O)[O-])c2)cc1OC. The number of rotatable bonds is 7. The van der Waals surface area contributed by atoms with Crippen LogP contribution in [0.15, 0.2) is 42.5 Å². The summed E-state index contributed by atoms with van der Waals surface area (Å²) >= 11 is 0. The van der Waals surface area contributed by atoms with E-state index in [0.717, 1.165) is 0 Å². The third-order valence-electron chi connectivity index (χ3n) is 3.97. The number of allylic oxidation sites excluding steroid dienone is 1. The molecule has 0 heterocycles. The van der Waals surface area contributed by atoms with Gasteiger partial charge in [-0.3, -0.25) is 14.9 Å². The summed E-state index contributed by atoms with van der Waals surface area (Å²) in [5.74, 6) is 0.806. The molecule has 0 aliphatic rings. The summed E-state index contributed by atoms with van der Waals surface area (Å²) in [7, 11) is 3.02.